The molecule has 0 saturated carbocycles. The first-order valence-electron chi connectivity index (χ1n) is 7.56. The van der Waals surface area contributed by atoms with E-state index < -0.39 is 18.5 Å². The highest BCUT2D eigenvalue weighted by Gasteiger charge is 2.16. The zero-order valence-corrected chi connectivity index (χ0v) is 16.9. The number of nitrogens with one attached hydrogen (secondary N) is 1. The van der Waals surface area contributed by atoms with Crippen LogP contribution < -0.4 is 10.1 Å². The van der Waals surface area contributed by atoms with Crippen LogP contribution in [-0.2, 0) is 9.53 Å². The minimum Gasteiger partial charge on any atom is -0.493 e. The lowest BCUT2D eigenvalue weighted by Gasteiger charge is -2.12. The maximum absolute atomic E-state index is 12.2. The summed E-state index contributed by atoms with van der Waals surface area (Å²) in [6, 6.07) is 10.5. The molecule has 1 amide bonds. The van der Waals surface area contributed by atoms with Crippen LogP contribution in [0.25, 0.3) is 0 Å². The second-order valence-corrected chi connectivity index (χ2v) is 6.87. The van der Waals surface area contributed by atoms with Crippen LogP contribution in [0.4, 0.5) is 5.69 Å². The summed E-state index contributed by atoms with van der Waals surface area (Å²) in [6.45, 7) is 3.80. The Kier molecular flexibility index (Phi) is 7.01. The summed E-state index contributed by atoms with van der Waals surface area (Å²) in [4.78, 5) is 24.3. The molecule has 0 aliphatic carbocycles. The fraction of sp³-hybridized carbons (Fsp3) is 0.222. The Bertz CT molecular complexity index is 769. The average molecular weight is 471 g/mol. The van der Waals surface area contributed by atoms with E-state index in [1.807, 2.05) is 26.0 Å². The van der Waals surface area contributed by atoms with Gasteiger partial charge in [-0.25, -0.2) is 4.79 Å². The number of anilines is 1. The number of hydrogen-bond acceptors (Lipinski definition) is 4. The van der Waals surface area contributed by atoms with Crippen molar-refractivity contribution < 1.29 is 19.1 Å². The van der Waals surface area contributed by atoms with Crippen LogP contribution in [0.5, 0.6) is 5.75 Å². The van der Waals surface area contributed by atoms with E-state index >= 15 is 0 Å². The number of carbonyl (C=O) groups excluding carboxylic acids is 2. The lowest BCUT2D eigenvalue weighted by Crippen LogP contribution is -2.21. The quantitative estimate of drug-likeness (QED) is 0.620. The molecule has 132 valence electrons. The van der Waals surface area contributed by atoms with Crippen molar-refractivity contribution in [1.29, 1.82) is 0 Å². The molecule has 0 radical (unpaired) electrons. The Balaban J connectivity index is 2.00. The lowest BCUT2D eigenvalue weighted by atomic mass is 10.2. The third-order valence-corrected chi connectivity index (χ3v) is 4.44. The molecule has 0 unspecified atom stereocenters. The van der Waals surface area contributed by atoms with Crippen LogP contribution in [0.1, 0.15) is 22.8 Å². The van der Waals surface area contributed by atoms with Gasteiger partial charge in [-0.1, -0.05) is 12.1 Å². The van der Waals surface area contributed by atoms with E-state index in [9.17, 15) is 9.59 Å². The molecule has 2 aromatic rings. The van der Waals surface area contributed by atoms with E-state index in [0.29, 0.717) is 18.0 Å². The molecule has 0 atom stereocenters. The van der Waals surface area contributed by atoms with Crippen LogP contribution in [0.2, 0.25) is 0 Å². The molecule has 2 aromatic carbocycles. The Morgan fingerprint density at radius 2 is 1.76 bits per heavy atom. The molecule has 0 heterocycles. The summed E-state index contributed by atoms with van der Waals surface area (Å²) in [6.07, 6.45) is 0. The summed E-state index contributed by atoms with van der Waals surface area (Å²) >= 11 is 6.80. The molecule has 0 spiro atoms. The third-order valence-electron chi connectivity index (χ3n) is 3.19. The highest BCUT2D eigenvalue weighted by molar-refractivity contribution is 9.11. The smallest absolute Gasteiger partial charge is 0.342 e. The molecule has 0 aromatic heterocycles. The van der Waals surface area contributed by atoms with Crippen molar-refractivity contribution in [2.45, 2.75) is 13.8 Å². The van der Waals surface area contributed by atoms with Gasteiger partial charge in [0.2, 0.25) is 0 Å². The topological polar surface area (TPSA) is 64.6 Å². The molecule has 0 saturated heterocycles. The SMILES string of the molecule is CCOc1ccccc1C(=O)OCC(=O)Nc1c(Br)cc(C)cc1Br. The normalized spacial score (nSPS) is 10.2. The standard InChI is InChI=1S/C18H17Br2NO4/c1-3-24-15-7-5-4-6-12(15)18(23)25-10-16(22)21-17-13(19)8-11(2)9-14(17)20/h4-9H,3,10H2,1-2H3,(H,21,22). The molecular weight excluding hydrogens is 454 g/mol. The maximum atomic E-state index is 12.2. The first-order valence-corrected chi connectivity index (χ1v) is 9.15. The van der Waals surface area contributed by atoms with Gasteiger partial charge in [-0.05, 0) is 75.5 Å². The number of para-hydroxylation sites is 1. The number of hydrogen-bond donors (Lipinski definition) is 1. The van der Waals surface area contributed by atoms with Gasteiger partial charge in [0.05, 0.1) is 12.3 Å². The van der Waals surface area contributed by atoms with Crippen molar-refractivity contribution in [3.63, 3.8) is 0 Å². The summed E-state index contributed by atoms with van der Waals surface area (Å²) in [7, 11) is 0. The van der Waals surface area contributed by atoms with E-state index in [-0.39, 0.29) is 5.56 Å². The van der Waals surface area contributed by atoms with Crippen LogP contribution in [-0.4, -0.2) is 25.1 Å². The van der Waals surface area contributed by atoms with Gasteiger partial charge in [0.25, 0.3) is 5.91 Å². The molecular formula is C18H17Br2NO4. The number of esters is 1. The molecule has 7 heteroatoms. The van der Waals surface area contributed by atoms with Gasteiger partial charge < -0.3 is 14.8 Å². The van der Waals surface area contributed by atoms with Gasteiger partial charge in [0.1, 0.15) is 11.3 Å². The molecule has 0 aliphatic heterocycles. The van der Waals surface area contributed by atoms with E-state index in [1.165, 1.54) is 0 Å². The predicted molar refractivity (Wildman–Crippen MR) is 103 cm³/mol. The number of carbonyl (C=O) groups is 2. The molecule has 0 bridgehead atoms. The number of benzene rings is 2. The number of amides is 1. The largest absolute Gasteiger partial charge is 0.493 e. The van der Waals surface area contributed by atoms with E-state index in [1.54, 1.807) is 24.3 Å². The van der Waals surface area contributed by atoms with Gasteiger partial charge in [0.15, 0.2) is 6.61 Å². The van der Waals surface area contributed by atoms with Crippen molar-refractivity contribution in [3.05, 3.63) is 56.5 Å². The third kappa shape index (κ3) is 5.31. The Labute approximate surface area is 163 Å². The molecule has 5 nitrogen and oxygen atoms in total. The Morgan fingerprint density at radius 1 is 1.12 bits per heavy atom. The van der Waals surface area contributed by atoms with Gasteiger partial charge in [0, 0.05) is 8.95 Å². The molecule has 0 fully saturated rings. The van der Waals surface area contributed by atoms with Gasteiger partial charge in [-0.15, -0.1) is 0 Å². The molecule has 0 aliphatic rings. The Hall–Kier alpha value is -1.86. The fourth-order valence-electron chi connectivity index (χ4n) is 2.12. The highest BCUT2D eigenvalue weighted by atomic mass is 79.9. The van der Waals surface area contributed by atoms with Gasteiger partial charge >= 0.3 is 5.97 Å². The predicted octanol–water partition coefficient (Wildman–Crippen LogP) is 4.71. The van der Waals surface area contributed by atoms with Crippen molar-refractivity contribution in [3.8, 4) is 5.75 Å². The van der Waals surface area contributed by atoms with Crippen molar-refractivity contribution >= 4 is 49.4 Å². The van der Waals surface area contributed by atoms with Crippen molar-refractivity contribution in [2.75, 3.05) is 18.5 Å². The Morgan fingerprint density at radius 3 is 2.40 bits per heavy atom. The summed E-state index contributed by atoms with van der Waals surface area (Å²) in [5.74, 6) is -0.617. The average Bonchev–Trinajstić information content (AvgIpc) is 2.56. The van der Waals surface area contributed by atoms with Gasteiger partial charge in [-0.3, -0.25) is 4.79 Å². The van der Waals surface area contributed by atoms with E-state index in [4.69, 9.17) is 9.47 Å². The maximum Gasteiger partial charge on any atom is 0.342 e. The first-order chi connectivity index (χ1) is 11.9. The molecule has 2 rings (SSSR count). The minimum absolute atomic E-state index is 0.287. The van der Waals surface area contributed by atoms with Crippen molar-refractivity contribution in [2.24, 2.45) is 0 Å². The van der Waals surface area contributed by atoms with Crippen LogP contribution >= 0.6 is 31.9 Å². The second kappa shape index (κ2) is 9.01. The van der Waals surface area contributed by atoms with Gasteiger partial charge in [-0.2, -0.15) is 0 Å². The van der Waals surface area contributed by atoms with E-state index in [2.05, 4.69) is 37.2 Å². The number of rotatable bonds is 6. The van der Waals surface area contributed by atoms with Crippen LogP contribution in [0.15, 0.2) is 45.3 Å². The summed E-state index contributed by atoms with van der Waals surface area (Å²) in [5, 5.41) is 2.71. The number of ether oxygens (including phenoxy) is 2. The second-order valence-electron chi connectivity index (χ2n) is 5.16. The monoisotopic (exact) mass is 469 g/mol. The fourth-order valence-corrected chi connectivity index (χ4v) is 3.73. The first kappa shape index (κ1) is 19.5. The van der Waals surface area contributed by atoms with E-state index in [0.717, 1.165) is 14.5 Å². The number of halogens is 2. The lowest BCUT2D eigenvalue weighted by molar-refractivity contribution is -0.119. The molecule has 25 heavy (non-hydrogen) atoms. The number of aryl methyl sites for hydroxylation is 1. The van der Waals surface area contributed by atoms with Crippen LogP contribution in [0.3, 0.4) is 0 Å². The zero-order valence-electron chi connectivity index (χ0n) is 13.8. The van der Waals surface area contributed by atoms with Crippen molar-refractivity contribution in [1.82, 2.24) is 0 Å². The van der Waals surface area contributed by atoms with Crippen LogP contribution in [0, 0.1) is 6.92 Å². The highest BCUT2D eigenvalue weighted by Crippen LogP contribution is 2.32. The minimum atomic E-state index is -0.610. The zero-order chi connectivity index (χ0) is 18.4. The summed E-state index contributed by atoms with van der Waals surface area (Å²) < 4.78 is 12.0. The summed E-state index contributed by atoms with van der Waals surface area (Å²) in [5.41, 5.74) is 1.91. The molecule has 1 N–H and O–H groups in total.